The molecule has 1 aromatic carbocycles. The summed E-state index contributed by atoms with van der Waals surface area (Å²) in [6.07, 6.45) is 3.42. The van der Waals surface area contributed by atoms with E-state index in [0.717, 1.165) is 11.1 Å². The Balaban J connectivity index is 1.85. The molecule has 0 aliphatic rings. The molecule has 104 valence electrons. The molecular formula is C15H16ClN3O. The molecule has 0 aliphatic carbocycles. The summed E-state index contributed by atoms with van der Waals surface area (Å²) in [5.74, 6) is 0. The van der Waals surface area contributed by atoms with Gasteiger partial charge in [0.2, 0.25) is 0 Å². The van der Waals surface area contributed by atoms with Crippen LogP contribution in [-0.4, -0.2) is 11.0 Å². The van der Waals surface area contributed by atoms with E-state index in [1.54, 1.807) is 18.5 Å². The zero-order valence-electron chi connectivity index (χ0n) is 11.1. The van der Waals surface area contributed by atoms with Crippen LogP contribution >= 0.6 is 11.6 Å². The number of pyridine rings is 1. The van der Waals surface area contributed by atoms with Crippen LogP contribution in [-0.2, 0) is 6.54 Å². The third kappa shape index (κ3) is 4.24. The molecule has 5 heteroatoms. The minimum atomic E-state index is -0.221. The number of hydrogen-bond donors (Lipinski definition) is 2. The van der Waals surface area contributed by atoms with Gasteiger partial charge in [0.1, 0.15) is 0 Å². The van der Waals surface area contributed by atoms with E-state index in [4.69, 9.17) is 11.6 Å². The van der Waals surface area contributed by atoms with Crippen LogP contribution in [0, 0.1) is 0 Å². The normalized spacial score (nSPS) is 11.7. The van der Waals surface area contributed by atoms with E-state index >= 15 is 0 Å². The summed E-state index contributed by atoms with van der Waals surface area (Å²) >= 11 is 5.93. The minimum absolute atomic E-state index is 0.109. The average molecular weight is 290 g/mol. The van der Waals surface area contributed by atoms with E-state index in [1.807, 2.05) is 37.3 Å². The van der Waals surface area contributed by atoms with Gasteiger partial charge in [-0.1, -0.05) is 29.8 Å². The number of urea groups is 1. The van der Waals surface area contributed by atoms with Crippen molar-refractivity contribution in [2.24, 2.45) is 0 Å². The molecule has 0 saturated carbocycles. The predicted molar refractivity (Wildman–Crippen MR) is 79.5 cm³/mol. The van der Waals surface area contributed by atoms with Crippen molar-refractivity contribution in [2.45, 2.75) is 19.5 Å². The Morgan fingerprint density at radius 3 is 2.90 bits per heavy atom. The predicted octanol–water partition coefficient (Wildman–Crippen LogP) is 3.30. The number of carbonyl (C=O) groups excluding carboxylic acids is 1. The molecule has 2 rings (SSSR count). The van der Waals surface area contributed by atoms with Crippen LogP contribution in [0.3, 0.4) is 0 Å². The van der Waals surface area contributed by atoms with E-state index < -0.39 is 0 Å². The summed E-state index contributed by atoms with van der Waals surface area (Å²) in [4.78, 5) is 15.8. The summed E-state index contributed by atoms with van der Waals surface area (Å²) in [6, 6.07) is 10.9. The fourth-order valence-corrected chi connectivity index (χ4v) is 1.99. The van der Waals surface area contributed by atoms with Crippen LogP contribution in [0.1, 0.15) is 24.1 Å². The Hall–Kier alpha value is -2.07. The van der Waals surface area contributed by atoms with Gasteiger partial charge < -0.3 is 10.6 Å². The molecule has 20 heavy (non-hydrogen) atoms. The van der Waals surface area contributed by atoms with Gasteiger partial charge in [-0.25, -0.2) is 4.79 Å². The van der Waals surface area contributed by atoms with E-state index in [-0.39, 0.29) is 12.1 Å². The van der Waals surface area contributed by atoms with Crippen LogP contribution in [0.4, 0.5) is 4.79 Å². The van der Waals surface area contributed by atoms with Crippen LogP contribution in [0.5, 0.6) is 0 Å². The van der Waals surface area contributed by atoms with Crippen LogP contribution in [0.25, 0.3) is 0 Å². The summed E-state index contributed by atoms with van der Waals surface area (Å²) in [6.45, 7) is 2.36. The molecule has 1 atom stereocenters. The maximum Gasteiger partial charge on any atom is 0.315 e. The van der Waals surface area contributed by atoms with Gasteiger partial charge in [-0.05, 0) is 36.2 Å². The molecule has 4 nitrogen and oxygen atoms in total. The number of nitrogens with zero attached hydrogens (tertiary/aromatic N) is 1. The molecule has 0 radical (unpaired) electrons. The first kappa shape index (κ1) is 14.3. The summed E-state index contributed by atoms with van der Waals surface area (Å²) in [7, 11) is 0. The first-order valence-corrected chi connectivity index (χ1v) is 6.71. The second-order valence-corrected chi connectivity index (χ2v) is 4.90. The second kappa shape index (κ2) is 6.91. The number of benzene rings is 1. The molecule has 2 N–H and O–H groups in total. The lowest BCUT2D eigenvalue weighted by atomic mass is 10.1. The zero-order valence-corrected chi connectivity index (χ0v) is 11.9. The van der Waals surface area contributed by atoms with Crippen LogP contribution < -0.4 is 10.6 Å². The van der Waals surface area contributed by atoms with Gasteiger partial charge in [0.05, 0.1) is 6.04 Å². The number of carbonyl (C=O) groups is 1. The van der Waals surface area contributed by atoms with Gasteiger partial charge in [0.15, 0.2) is 0 Å². The van der Waals surface area contributed by atoms with Crippen molar-refractivity contribution in [2.75, 3.05) is 0 Å². The highest BCUT2D eigenvalue weighted by atomic mass is 35.5. The van der Waals surface area contributed by atoms with Crippen molar-refractivity contribution < 1.29 is 4.79 Å². The second-order valence-electron chi connectivity index (χ2n) is 4.46. The summed E-state index contributed by atoms with van der Waals surface area (Å²) < 4.78 is 0. The third-order valence-electron chi connectivity index (χ3n) is 2.87. The van der Waals surface area contributed by atoms with Crippen molar-refractivity contribution in [1.29, 1.82) is 0 Å². The smallest absolute Gasteiger partial charge is 0.315 e. The van der Waals surface area contributed by atoms with Gasteiger partial charge in [0.25, 0.3) is 0 Å². The molecule has 0 spiro atoms. The van der Waals surface area contributed by atoms with Crippen molar-refractivity contribution in [3.05, 3.63) is 64.9 Å². The quantitative estimate of drug-likeness (QED) is 0.907. The standard InChI is InChI=1S/C15H16ClN3O/c1-11(13-5-2-6-14(16)8-13)19-15(20)18-10-12-4-3-7-17-9-12/h2-9,11H,10H2,1H3,(H2,18,19,20)/t11-/m1/s1. The molecule has 0 aliphatic heterocycles. The molecule has 1 aromatic heterocycles. The summed E-state index contributed by atoms with van der Waals surface area (Å²) in [5, 5.41) is 6.31. The van der Waals surface area contributed by atoms with Crippen molar-refractivity contribution in [3.63, 3.8) is 0 Å². The topological polar surface area (TPSA) is 54.0 Å². The van der Waals surface area contributed by atoms with Crippen molar-refractivity contribution in [3.8, 4) is 0 Å². The molecule has 0 bridgehead atoms. The van der Waals surface area contributed by atoms with Crippen molar-refractivity contribution >= 4 is 17.6 Å². The monoisotopic (exact) mass is 289 g/mol. The van der Waals surface area contributed by atoms with Gasteiger partial charge in [-0.2, -0.15) is 0 Å². The largest absolute Gasteiger partial charge is 0.334 e. The average Bonchev–Trinajstić information content (AvgIpc) is 2.46. The minimum Gasteiger partial charge on any atom is -0.334 e. The number of hydrogen-bond acceptors (Lipinski definition) is 2. The lowest BCUT2D eigenvalue weighted by molar-refractivity contribution is 0.237. The van der Waals surface area contributed by atoms with E-state index in [1.165, 1.54) is 0 Å². The van der Waals surface area contributed by atoms with Gasteiger partial charge in [-0.3, -0.25) is 4.98 Å². The molecule has 2 aromatic rings. The highest BCUT2D eigenvalue weighted by Crippen LogP contribution is 2.17. The van der Waals surface area contributed by atoms with Crippen LogP contribution in [0.2, 0.25) is 5.02 Å². The SMILES string of the molecule is C[C@@H](NC(=O)NCc1cccnc1)c1cccc(Cl)c1. The number of amides is 2. The molecular weight excluding hydrogens is 274 g/mol. The Morgan fingerprint density at radius 1 is 1.35 bits per heavy atom. The van der Waals surface area contributed by atoms with E-state index in [2.05, 4.69) is 15.6 Å². The molecule has 0 fully saturated rings. The Labute approximate surface area is 123 Å². The lowest BCUT2D eigenvalue weighted by Crippen LogP contribution is -2.36. The molecule has 1 heterocycles. The molecule has 0 saturated heterocycles. The molecule has 2 amide bonds. The maximum atomic E-state index is 11.8. The lowest BCUT2D eigenvalue weighted by Gasteiger charge is -2.15. The number of halogens is 1. The Kier molecular flexibility index (Phi) is 4.96. The maximum absolute atomic E-state index is 11.8. The highest BCUT2D eigenvalue weighted by Gasteiger charge is 2.09. The molecule has 0 unspecified atom stereocenters. The number of rotatable bonds is 4. The van der Waals surface area contributed by atoms with Crippen molar-refractivity contribution in [1.82, 2.24) is 15.6 Å². The van der Waals surface area contributed by atoms with E-state index in [0.29, 0.717) is 11.6 Å². The Bertz CT molecular complexity index is 574. The third-order valence-corrected chi connectivity index (χ3v) is 3.11. The fourth-order valence-electron chi connectivity index (χ4n) is 1.79. The number of nitrogens with one attached hydrogen (secondary N) is 2. The first-order valence-electron chi connectivity index (χ1n) is 6.34. The highest BCUT2D eigenvalue weighted by molar-refractivity contribution is 6.30. The Morgan fingerprint density at radius 2 is 2.20 bits per heavy atom. The van der Waals surface area contributed by atoms with Gasteiger partial charge >= 0.3 is 6.03 Å². The van der Waals surface area contributed by atoms with E-state index in [9.17, 15) is 4.79 Å². The van der Waals surface area contributed by atoms with Crippen LogP contribution in [0.15, 0.2) is 48.8 Å². The first-order chi connectivity index (χ1) is 9.65. The van der Waals surface area contributed by atoms with Gasteiger partial charge in [-0.15, -0.1) is 0 Å². The van der Waals surface area contributed by atoms with Gasteiger partial charge in [0, 0.05) is 24.0 Å². The summed E-state index contributed by atoms with van der Waals surface area (Å²) in [5.41, 5.74) is 1.92. The zero-order chi connectivity index (χ0) is 14.4. The fraction of sp³-hybridized carbons (Fsp3) is 0.200. The number of aromatic nitrogens is 1.